The molecule has 1 N–H and O–H groups in total. The maximum absolute atomic E-state index is 11.9. The topological polar surface area (TPSA) is 76.9 Å². The number of hydrogen-bond acceptors (Lipinski definition) is 4. The Morgan fingerprint density at radius 3 is 2.84 bits per heavy atom. The van der Waals surface area contributed by atoms with Crippen LogP contribution in [0.25, 0.3) is 11.0 Å². The van der Waals surface area contributed by atoms with Crippen LogP contribution >= 0.6 is 0 Å². The second-order valence-electron chi connectivity index (χ2n) is 4.55. The summed E-state index contributed by atoms with van der Waals surface area (Å²) in [4.78, 5) is 0. The molecule has 1 aromatic heterocycles. The van der Waals surface area contributed by atoms with E-state index in [1.807, 2.05) is 38.1 Å². The van der Waals surface area contributed by atoms with Gasteiger partial charge in [-0.3, -0.25) is 0 Å². The molecule has 1 atom stereocenters. The molecule has 0 aliphatic rings. The van der Waals surface area contributed by atoms with Crippen molar-refractivity contribution in [2.24, 2.45) is 0 Å². The first kappa shape index (κ1) is 14.0. The second-order valence-corrected chi connectivity index (χ2v) is 6.42. The smallest absolute Gasteiger partial charge is 0.213 e. The lowest BCUT2D eigenvalue weighted by atomic mass is 10.3. The molecule has 0 aliphatic carbocycles. The number of nitrogens with one attached hydrogen (secondary N) is 1. The minimum atomic E-state index is -3.28. The Morgan fingerprint density at radius 2 is 2.11 bits per heavy atom. The van der Waals surface area contributed by atoms with Crippen molar-refractivity contribution in [3.63, 3.8) is 0 Å². The predicted octanol–water partition coefficient (Wildman–Crippen LogP) is 1.15. The van der Waals surface area contributed by atoms with Crippen LogP contribution in [-0.2, 0) is 16.6 Å². The molecule has 19 heavy (non-hydrogen) atoms. The zero-order valence-electron chi connectivity index (χ0n) is 11.1. The fourth-order valence-corrected chi connectivity index (χ4v) is 3.05. The standard InChI is InChI=1S/C12H18N4O2S/c1-3-10(2)14-19(17,18)9-8-16-12-7-5-4-6-11(12)13-15-16/h4-7,10,14H,3,8-9H2,1-2H3/t10-/m1/s1. The lowest BCUT2D eigenvalue weighted by Gasteiger charge is -2.11. The summed E-state index contributed by atoms with van der Waals surface area (Å²) < 4.78 is 28.0. The van der Waals surface area contributed by atoms with Gasteiger partial charge in [0, 0.05) is 6.04 Å². The Labute approximate surface area is 112 Å². The molecular formula is C12H18N4O2S. The van der Waals surface area contributed by atoms with Crippen LogP contribution in [0.2, 0.25) is 0 Å². The monoisotopic (exact) mass is 282 g/mol. The van der Waals surface area contributed by atoms with Crippen molar-refractivity contribution >= 4 is 21.1 Å². The molecule has 0 saturated heterocycles. The number of benzene rings is 1. The molecule has 0 amide bonds. The minimum absolute atomic E-state index is 0.00466. The normalized spacial score (nSPS) is 13.8. The fraction of sp³-hybridized carbons (Fsp3) is 0.500. The van der Waals surface area contributed by atoms with Crippen molar-refractivity contribution in [1.82, 2.24) is 19.7 Å². The van der Waals surface area contributed by atoms with Crippen LogP contribution in [0.5, 0.6) is 0 Å². The number of sulfonamides is 1. The summed E-state index contributed by atoms with van der Waals surface area (Å²) in [6.45, 7) is 4.09. The van der Waals surface area contributed by atoms with Crippen LogP contribution in [0.3, 0.4) is 0 Å². The van der Waals surface area contributed by atoms with Crippen molar-refractivity contribution in [2.75, 3.05) is 5.75 Å². The summed E-state index contributed by atoms with van der Waals surface area (Å²) >= 11 is 0. The predicted molar refractivity (Wildman–Crippen MR) is 74.2 cm³/mol. The summed E-state index contributed by atoms with van der Waals surface area (Å²) in [5, 5.41) is 7.97. The maximum Gasteiger partial charge on any atom is 0.213 e. The molecule has 1 aromatic carbocycles. The van der Waals surface area contributed by atoms with Crippen LogP contribution in [0.4, 0.5) is 0 Å². The van der Waals surface area contributed by atoms with E-state index in [1.54, 1.807) is 4.68 Å². The van der Waals surface area contributed by atoms with Gasteiger partial charge in [-0.15, -0.1) is 5.10 Å². The summed E-state index contributed by atoms with van der Waals surface area (Å²) in [6, 6.07) is 7.45. The van der Waals surface area contributed by atoms with E-state index in [4.69, 9.17) is 0 Å². The van der Waals surface area contributed by atoms with Crippen molar-refractivity contribution in [3.8, 4) is 0 Å². The van der Waals surface area contributed by atoms with Crippen molar-refractivity contribution in [2.45, 2.75) is 32.9 Å². The van der Waals surface area contributed by atoms with Gasteiger partial charge in [-0.1, -0.05) is 24.3 Å². The van der Waals surface area contributed by atoms with Crippen molar-refractivity contribution in [3.05, 3.63) is 24.3 Å². The molecule has 0 spiro atoms. The zero-order valence-corrected chi connectivity index (χ0v) is 11.9. The number of nitrogens with zero attached hydrogens (tertiary/aromatic N) is 3. The summed E-state index contributed by atoms with van der Waals surface area (Å²) in [7, 11) is -3.28. The Hall–Kier alpha value is -1.47. The summed E-state index contributed by atoms with van der Waals surface area (Å²) in [6.07, 6.45) is 0.769. The number of para-hydroxylation sites is 1. The Balaban J connectivity index is 2.06. The van der Waals surface area contributed by atoms with Gasteiger partial charge in [0.2, 0.25) is 10.0 Å². The zero-order chi connectivity index (χ0) is 13.9. The van der Waals surface area contributed by atoms with E-state index >= 15 is 0 Å². The molecule has 0 fully saturated rings. The van der Waals surface area contributed by atoms with Gasteiger partial charge in [-0.25, -0.2) is 17.8 Å². The first-order valence-corrected chi connectivity index (χ1v) is 7.95. The van der Waals surface area contributed by atoms with Gasteiger partial charge in [0.05, 0.1) is 17.8 Å². The molecule has 2 aromatic rings. The molecule has 6 nitrogen and oxygen atoms in total. The molecule has 104 valence electrons. The highest BCUT2D eigenvalue weighted by Gasteiger charge is 2.14. The molecule has 0 unspecified atom stereocenters. The largest absolute Gasteiger partial charge is 0.244 e. The quantitative estimate of drug-likeness (QED) is 0.862. The molecule has 0 bridgehead atoms. The van der Waals surface area contributed by atoms with E-state index in [-0.39, 0.29) is 11.8 Å². The van der Waals surface area contributed by atoms with Gasteiger partial charge in [0.15, 0.2) is 0 Å². The first-order chi connectivity index (χ1) is 9.02. The SMILES string of the molecule is CC[C@@H](C)NS(=O)(=O)CCn1nnc2ccccc21. The average molecular weight is 282 g/mol. The Morgan fingerprint density at radius 1 is 1.37 bits per heavy atom. The highest BCUT2D eigenvalue weighted by atomic mass is 32.2. The van der Waals surface area contributed by atoms with Crippen LogP contribution in [0, 0.1) is 0 Å². The lowest BCUT2D eigenvalue weighted by Crippen LogP contribution is -2.35. The first-order valence-electron chi connectivity index (χ1n) is 6.30. The number of hydrogen-bond donors (Lipinski definition) is 1. The fourth-order valence-electron chi connectivity index (χ4n) is 1.74. The third-order valence-corrected chi connectivity index (χ3v) is 4.47. The van der Waals surface area contributed by atoms with Gasteiger partial charge in [0.25, 0.3) is 0 Å². The second kappa shape index (κ2) is 5.66. The van der Waals surface area contributed by atoms with E-state index in [2.05, 4.69) is 15.0 Å². The highest BCUT2D eigenvalue weighted by Crippen LogP contribution is 2.09. The average Bonchev–Trinajstić information content (AvgIpc) is 2.79. The van der Waals surface area contributed by atoms with Crippen LogP contribution in [-0.4, -0.2) is 35.2 Å². The van der Waals surface area contributed by atoms with Crippen LogP contribution in [0.1, 0.15) is 20.3 Å². The van der Waals surface area contributed by atoms with E-state index in [1.165, 1.54) is 0 Å². The van der Waals surface area contributed by atoms with Crippen molar-refractivity contribution < 1.29 is 8.42 Å². The van der Waals surface area contributed by atoms with E-state index in [0.717, 1.165) is 17.5 Å². The molecule has 7 heteroatoms. The minimum Gasteiger partial charge on any atom is -0.244 e. The lowest BCUT2D eigenvalue weighted by molar-refractivity contribution is 0.545. The summed E-state index contributed by atoms with van der Waals surface area (Å²) in [5.41, 5.74) is 1.62. The van der Waals surface area contributed by atoms with E-state index in [0.29, 0.717) is 6.54 Å². The molecule has 0 radical (unpaired) electrons. The van der Waals surface area contributed by atoms with Gasteiger partial charge < -0.3 is 0 Å². The Kier molecular flexibility index (Phi) is 4.16. The van der Waals surface area contributed by atoms with Gasteiger partial charge in [0.1, 0.15) is 5.52 Å². The number of aromatic nitrogens is 3. The molecular weight excluding hydrogens is 264 g/mol. The van der Waals surface area contributed by atoms with Crippen molar-refractivity contribution in [1.29, 1.82) is 0 Å². The third kappa shape index (κ3) is 3.51. The number of rotatable bonds is 6. The number of fused-ring (bicyclic) bond motifs is 1. The van der Waals surface area contributed by atoms with Crippen LogP contribution in [0.15, 0.2) is 24.3 Å². The summed E-state index contributed by atoms with van der Waals surface area (Å²) in [5.74, 6) is 0.00466. The molecule has 2 rings (SSSR count). The van der Waals surface area contributed by atoms with Crippen LogP contribution < -0.4 is 4.72 Å². The third-order valence-electron chi connectivity index (χ3n) is 2.99. The molecule has 0 aliphatic heterocycles. The molecule has 0 saturated carbocycles. The maximum atomic E-state index is 11.9. The number of aryl methyl sites for hydroxylation is 1. The van der Waals surface area contributed by atoms with Gasteiger partial charge >= 0.3 is 0 Å². The van der Waals surface area contributed by atoms with E-state index in [9.17, 15) is 8.42 Å². The van der Waals surface area contributed by atoms with E-state index < -0.39 is 10.0 Å². The van der Waals surface area contributed by atoms with Gasteiger partial charge in [-0.2, -0.15) is 0 Å². The highest BCUT2D eigenvalue weighted by molar-refractivity contribution is 7.89. The van der Waals surface area contributed by atoms with Gasteiger partial charge in [-0.05, 0) is 25.5 Å². The molecule has 1 heterocycles. The Bertz CT molecular complexity index is 651.